The molecule has 0 saturated heterocycles. The number of nitrogens with one attached hydrogen (secondary N) is 2. The summed E-state index contributed by atoms with van der Waals surface area (Å²) in [6.07, 6.45) is 2.19. The van der Waals surface area contributed by atoms with Gasteiger partial charge in [0.1, 0.15) is 9.98 Å². The second-order valence-electron chi connectivity index (χ2n) is 6.75. The van der Waals surface area contributed by atoms with E-state index in [2.05, 4.69) is 15.6 Å². The van der Waals surface area contributed by atoms with Gasteiger partial charge in [0.05, 0.1) is 0 Å². The van der Waals surface area contributed by atoms with E-state index in [4.69, 9.17) is 24.4 Å². The zero-order valence-electron chi connectivity index (χ0n) is 13.8. The number of rotatable bonds is 2. The topological polar surface area (TPSA) is 73.9 Å². The van der Waals surface area contributed by atoms with Gasteiger partial charge in [-0.05, 0) is 25.7 Å². The summed E-state index contributed by atoms with van der Waals surface area (Å²) in [5, 5.41) is 2.83. The molecule has 0 heterocycles. The van der Waals surface area contributed by atoms with Crippen LogP contribution in [0.3, 0.4) is 0 Å². The Morgan fingerprint density at radius 3 is 1.43 bits per heavy atom. The summed E-state index contributed by atoms with van der Waals surface area (Å²) in [6, 6.07) is 0. The number of hydrazine groups is 2. The lowest BCUT2D eigenvalue weighted by atomic mass is 10.1. The van der Waals surface area contributed by atoms with Crippen molar-refractivity contribution in [3.63, 3.8) is 0 Å². The largest absolute Gasteiger partial charge is 0.435 e. The van der Waals surface area contributed by atoms with E-state index in [0.29, 0.717) is 9.98 Å². The Bertz CT molecular complexity index is 510. The highest BCUT2D eigenvalue weighted by Crippen LogP contribution is 2.47. The Morgan fingerprint density at radius 1 is 0.870 bits per heavy atom. The summed E-state index contributed by atoms with van der Waals surface area (Å²) in [5.41, 5.74) is 4.74. The van der Waals surface area contributed by atoms with Gasteiger partial charge in [-0.2, -0.15) is 0 Å². The Labute approximate surface area is 146 Å². The number of carbonyl (C=O) groups is 2. The number of amides is 2. The highest BCUT2D eigenvalue weighted by Gasteiger charge is 2.44. The molecule has 2 aliphatic rings. The van der Waals surface area contributed by atoms with Gasteiger partial charge in [0.2, 0.25) is 0 Å². The zero-order chi connectivity index (χ0) is 17.4. The first-order valence-electron chi connectivity index (χ1n) is 7.43. The molecular formula is C14H22N4O3S2. The Hall–Kier alpha value is -1.48. The zero-order valence-corrected chi connectivity index (χ0v) is 15.4. The highest BCUT2D eigenvalue weighted by molar-refractivity contribution is 7.80. The third kappa shape index (κ3) is 4.29. The molecule has 0 spiro atoms. The second kappa shape index (κ2) is 6.20. The van der Waals surface area contributed by atoms with Gasteiger partial charge in [-0.1, -0.05) is 38.3 Å². The van der Waals surface area contributed by atoms with E-state index in [9.17, 15) is 9.59 Å². The highest BCUT2D eigenvalue weighted by atomic mass is 32.1. The van der Waals surface area contributed by atoms with Crippen LogP contribution in [0.1, 0.15) is 39.5 Å². The maximum Gasteiger partial charge on any atom is 0.435 e. The van der Waals surface area contributed by atoms with Crippen molar-refractivity contribution >= 4 is 46.6 Å². The molecule has 2 aliphatic carbocycles. The van der Waals surface area contributed by atoms with E-state index in [1.165, 1.54) is 10.0 Å². The summed E-state index contributed by atoms with van der Waals surface area (Å²) in [7, 11) is 3.25. The number of carbonyl (C=O) groups excluding carboxylic acids is 2. The first kappa shape index (κ1) is 17.9. The van der Waals surface area contributed by atoms with Gasteiger partial charge in [-0.15, -0.1) is 0 Å². The molecule has 0 aromatic carbocycles. The van der Waals surface area contributed by atoms with Crippen molar-refractivity contribution in [2.75, 3.05) is 14.1 Å². The average molecular weight is 358 g/mol. The normalized spacial score (nSPS) is 19.1. The predicted molar refractivity (Wildman–Crippen MR) is 93.6 cm³/mol. The molecule has 2 rings (SSSR count). The molecule has 9 heteroatoms. The maximum atomic E-state index is 11.7. The van der Waals surface area contributed by atoms with E-state index in [-0.39, 0.29) is 10.8 Å². The Morgan fingerprint density at radius 2 is 1.17 bits per heavy atom. The van der Waals surface area contributed by atoms with Crippen LogP contribution in [0.15, 0.2) is 0 Å². The number of hydrogen-bond donors (Lipinski definition) is 2. The van der Waals surface area contributed by atoms with E-state index < -0.39 is 12.2 Å². The molecule has 23 heavy (non-hydrogen) atoms. The fourth-order valence-corrected chi connectivity index (χ4v) is 2.62. The summed E-state index contributed by atoms with van der Waals surface area (Å²) >= 11 is 10.6. The Balaban J connectivity index is 1.75. The van der Waals surface area contributed by atoms with Crippen LogP contribution >= 0.6 is 24.4 Å². The predicted octanol–water partition coefficient (Wildman–Crippen LogP) is 2.37. The van der Waals surface area contributed by atoms with Gasteiger partial charge >= 0.3 is 12.2 Å². The van der Waals surface area contributed by atoms with E-state index in [0.717, 1.165) is 25.7 Å². The van der Waals surface area contributed by atoms with Crippen LogP contribution in [-0.4, -0.2) is 46.3 Å². The summed E-state index contributed by atoms with van der Waals surface area (Å²) < 4.78 is 4.66. The number of nitrogens with zero attached hydrogens (tertiary/aromatic N) is 2. The van der Waals surface area contributed by atoms with Gasteiger partial charge in [-0.25, -0.2) is 20.4 Å². The number of ether oxygens (including phenoxy) is 1. The molecule has 2 N–H and O–H groups in total. The molecule has 0 atom stereocenters. The summed E-state index contributed by atoms with van der Waals surface area (Å²) in [6.45, 7) is 4.06. The molecule has 0 radical (unpaired) electrons. The first-order chi connectivity index (χ1) is 10.6. The second-order valence-corrected chi connectivity index (χ2v) is 7.52. The van der Waals surface area contributed by atoms with Crippen LogP contribution in [0.25, 0.3) is 0 Å². The first-order valence-corrected chi connectivity index (χ1v) is 8.24. The van der Waals surface area contributed by atoms with Crippen molar-refractivity contribution in [3.05, 3.63) is 0 Å². The van der Waals surface area contributed by atoms with Crippen LogP contribution in [-0.2, 0) is 4.74 Å². The van der Waals surface area contributed by atoms with Crippen LogP contribution in [0, 0.1) is 10.8 Å². The van der Waals surface area contributed by atoms with Gasteiger partial charge in [0.25, 0.3) is 0 Å². The number of thiocarbonyl (C=S) groups is 2. The molecular weight excluding hydrogens is 336 g/mol. The summed E-state index contributed by atoms with van der Waals surface area (Å²) in [4.78, 5) is 24.7. The van der Waals surface area contributed by atoms with Crippen molar-refractivity contribution < 1.29 is 14.3 Å². The quantitative estimate of drug-likeness (QED) is 0.446. The van der Waals surface area contributed by atoms with Crippen LogP contribution in [0.2, 0.25) is 0 Å². The maximum absolute atomic E-state index is 11.7. The van der Waals surface area contributed by atoms with E-state index >= 15 is 0 Å². The molecule has 2 fully saturated rings. The smallest absolute Gasteiger partial charge is 0.357 e. The standard InChI is InChI=1S/C14H22N4O3S2/c1-13(5-6-13)9(22)17(3)15-11(19)21-12(20)16-18(4)10(23)14(2)7-8-14/h5-8H2,1-4H3,(H,15,19)(H,16,20). The SMILES string of the molecule is CN(NC(=O)OC(=O)NN(C)C(=S)C1(C)CC1)C(=S)C1(C)CC1. The van der Waals surface area contributed by atoms with Crippen molar-refractivity contribution in [3.8, 4) is 0 Å². The van der Waals surface area contributed by atoms with Crippen LogP contribution < -0.4 is 10.9 Å². The minimum atomic E-state index is -0.895. The third-order valence-corrected chi connectivity index (χ3v) is 5.88. The minimum absolute atomic E-state index is 0.0499. The van der Waals surface area contributed by atoms with Crippen molar-refractivity contribution in [2.45, 2.75) is 39.5 Å². The molecule has 7 nitrogen and oxygen atoms in total. The van der Waals surface area contributed by atoms with Gasteiger partial charge < -0.3 is 4.74 Å². The molecule has 0 aromatic heterocycles. The fourth-order valence-electron chi connectivity index (χ4n) is 2.12. The molecule has 0 unspecified atom stereocenters. The monoisotopic (exact) mass is 358 g/mol. The van der Waals surface area contributed by atoms with Crippen molar-refractivity contribution in [2.24, 2.45) is 10.8 Å². The molecule has 128 valence electrons. The lowest BCUT2D eigenvalue weighted by molar-refractivity contribution is 0.128. The van der Waals surface area contributed by atoms with Gasteiger partial charge in [0.15, 0.2) is 0 Å². The number of hydrogen-bond acceptors (Lipinski definition) is 5. The van der Waals surface area contributed by atoms with Crippen molar-refractivity contribution in [1.82, 2.24) is 20.9 Å². The molecule has 2 saturated carbocycles. The lowest BCUT2D eigenvalue weighted by Crippen LogP contribution is -2.49. The fraction of sp³-hybridized carbons (Fsp3) is 0.714. The minimum Gasteiger partial charge on any atom is -0.357 e. The summed E-state index contributed by atoms with van der Waals surface area (Å²) in [5.74, 6) is 0. The molecule has 0 bridgehead atoms. The van der Waals surface area contributed by atoms with Crippen molar-refractivity contribution in [1.29, 1.82) is 0 Å². The van der Waals surface area contributed by atoms with Crippen LogP contribution in [0.5, 0.6) is 0 Å². The third-order valence-electron chi connectivity index (χ3n) is 4.35. The lowest BCUT2D eigenvalue weighted by Gasteiger charge is -2.25. The van der Waals surface area contributed by atoms with Crippen LogP contribution in [0.4, 0.5) is 9.59 Å². The van der Waals surface area contributed by atoms with Gasteiger partial charge in [0, 0.05) is 24.9 Å². The molecule has 2 amide bonds. The van der Waals surface area contributed by atoms with Gasteiger partial charge in [-0.3, -0.25) is 10.0 Å². The van der Waals surface area contributed by atoms with E-state index in [1.807, 2.05) is 13.8 Å². The average Bonchev–Trinajstić information content (AvgIpc) is 3.37. The molecule has 0 aliphatic heterocycles. The molecule has 0 aromatic rings. The van der Waals surface area contributed by atoms with E-state index in [1.54, 1.807) is 14.1 Å². The Kier molecular flexibility index (Phi) is 4.81.